The highest BCUT2D eigenvalue weighted by Gasteiger charge is 2.11. The Labute approximate surface area is 161 Å². The summed E-state index contributed by atoms with van der Waals surface area (Å²) in [7, 11) is 0. The Hall–Kier alpha value is -2.04. The van der Waals surface area contributed by atoms with Crippen LogP contribution in [0, 0.1) is 20.8 Å². The molecule has 1 N–H and O–H groups in total. The first-order valence-corrected chi connectivity index (χ1v) is 9.03. The van der Waals surface area contributed by atoms with Crippen LogP contribution < -0.4 is 10.1 Å². The molecule has 0 saturated carbocycles. The topological polar surface area (TPSA) is 34.1 Å². The molecule has 0 radical (unpaired) electrons. The summed E-state index contributed by atoms with van der Waals surface area (Å²) in [4.78, 5) is 4.39. The maximum absolute atomic E-state index is 6.18. The predicted octanol–water partition coefficient (Wildman–Crippen LogP) is 6.96. The number of aryl methyl sites for hydroxylation is 3. The van der Waals surface area contributed by atoms with Gasteiger partial charge in [-0.2, -0.15) is 0 Å². The smallest absolute Gasteiger partial charge is 0.146 e. The van der Waals surface area contributed by atoms with Crippen LogP contribution in [-0.2, 0) is 0 Å². The van der Waals surface area contributed by atoms with Crippen LogP contribution in [0.15, 0.2) is 53.1 Å². The van der Waals surface area contributed by atoms with E-state index in [4.69, 9.17) is 16.3 Å². The molecule has 3 rings (SSSR count). The van der Waals surface area contributed by atoms with E-state index in [0.29, 0.717) is 16.6 Å². The average Bonchev–Trinajstić information content (AvgIpc) is 2.55. The van der Waals surface area contributed by atoms with Gasteiger partial charge in [-0.15, -0.1) is 0 Å². The number of aromatic nitrogens is 1. The van der Waals surface area contributed by atoms with Crippen LogP contribution in [0.2, 0.25) is 5.02 Å². The number of nitrogens with one attached hydrogen (secondary N) is 1. The number of hydrogen-bond donors (Lipinski definition) is 1. The van der Waals surface area contributed by atoms with Gasteiger partial charge in [-0.05, 0) is 72.1 Å². The lowest BCUT2D eigenvalue weighted by Gasteiger charge is -2.15. The van der Waals surface area contributed by atoms with Crippen molar-refractivity contribution in [3.8, 4) is 11.5 Å². The van der Waals surface area contributed by atoms with Gasteiger partial charge in [-0.3, -0.25) is 0 Å². The van der Waals surface area contributed by atoms with E-state index < -0.39 is 0 Å². The molecule has 0 unspecified atom stereocenters. The van der Waals surface area contributed by atoms with Crippen molar-refractivity contribution in [3.05, 3.63) is 74.8 Å². The zero-order valence-electron chi connectivity index (χ0n) is 14.2. The monoisotopic (exact) mass is 416 g/mol. The lowest BCUT2D eigenvalue weighted by molar-refractivity contribution is 0.471. The van der Waals surface area contributed by atoms with Crippen molar-refractivity contribution < 1.29 is 4.74 Å². The number of benzene rings is 2. The summed E-state index contributed by atoms with van der Waals surface area (Å²) in [6.45, 7) is 6.19. The molecule has 0 aliphatic rings. The summed E-state index contributed by atoms with van der Waals surface area (Å²) in [6.07, 6.45) is 1.73. The van der Waals surface area contributed by atoms with Crippen LogP contribution >= 0.6 is 27.5 Å². The molecular formula is C20H18BrClN2O. The minimum absolute atomic E-state index is 0.697. The molecule has 0 saturated heterocycles. The minimum Gasteiger partial charge on any atom is -0.455 e. The van der Waals surface area contributed by atoms with Gasteiger partial charge in [-0.1, -0.05) is 29.3 Å². The second-order valence-corrected chi connectivity index (χ2v) is 7.25. The zero-order chi connectivity index (χ0) is 18.0. The lowest BCUT2D eigenvalue weighted by Crippen LogP contribution is -1.97. The maximum Gasteiger partial charge on any atom is 0.146 e. The van der Waals surface area contributed by atoms with Crippen molar-refractivity contribution >= 4 is 39.0 Å². The van der Waals surface area contributed by atoms with E-state index in [-0.39, 0.29) is 0 Å². The number of hydrogen-bond acceptors (Lipinski definition) is 3. The Morgan fingerprint density at radius 3 is 2.28 bits per heavy atom. The SMILES string of the molecule is Cc1cc(C)c(Oc2cc(Nc3ccc(Cl)cc3)ncc2Br)c(C)c1. The number of nitrogens with zero attached hydrogens (tertiary/aromatic N) is 1. The first kappa shape index (κ1) is 17.8. The maximum atomic E-state index is 6.18. The molecule has 3 aromatic rings. The van der Waals surface area contributed by atoms with E-state index in [0.717, 1.165) is 27.0 Å². The number of anilines is 2. The van der Waals surface area contributed by atoms with Crippen molar-refractivity contribution in [3.63, 3.8) is 0 Å². The number of rotatable bonds is 4. The standard InChI is InChI=1S/C20H18BrClN2O/c1-12-8-13(2)20(14(3)9-12)25-18-10-19(23-11-17(18)21)24-16-6-4-15(22)5-7-16/h4-11H,1-3H3,(H,23,24). The van der Waals surface area contributed by atoms with Crippen LogP contribution in [0.4, 0.5) is 11.5 Å². The summed E-state index contributed by atoms with van der Waals surface area (Å²) in [5.41, 5.74) is 4.34. The van der Waals surface area contributed by atoms with E-state index in [1.54, 1.807) is 6.20 Å². The Morgan fingerprint density at radius 2 is 1.64 bits per heavy atom. The third kappa shape index (κ3) is 4.33. The zero-order valence-corrected chi connectivity index (χ0v) is 16.6. The first-order valence-electron chi connectivity index (χ1n) is 7.86. The van der Waals surface area contributed by atoms with Gasteiger partial charge >= 0.3 is 0 Å². The van der Waals surface area contributed by atoms with E-state index in [1.807, 2.05) is 30.3 Å². The molecular weight excluding hydrogens is 400 g/mol. The summed E-state index contributed by atoms with van der Waals surface area (Å²) >= 11 is 9.44. The molecule has 25 heavy (non-hydrogen) atoms. The summed E-state index contributed by atoms with van der Waals surface area (Å²) in [5, 5.41) is 3.95. The predicted molar refractivity (Wildman–Crippen MR) is 107 cm³/mol. The van der Waals surface area contributed by atoms with Gasteiger partial charge in [0.1, 0.15) is 17.3 Å². The van der Waals surface area contributed by atoms with E-state index in [9.17, 15) is 0 Å². The molecule has 2 aromatic carbocycles. The van der Waals surface area contributed by atoms with Crippen LogP contribution in [-0.4, -0.2) is 4.98 Å². The molecule has 0 aliphatic heterocycles. The molecule has 3 nitrogen and oxygen atoms in total. The molecule has 128 valence electrons. The van der Waals surface area contributed by atoms with Gasteiger partial charge in [-0.25, -0.2) is 4.98 Å². The average molecular weight is 418 g/mol. The molecule has 1 heterocycles. The van der Waals surface area contributed by atoms with Gasteiger partial charge in [0.2, 0.25) is 0 Å². The second-order valence-electron chi connectivity index (χ2n) is 5.96. The fraction of sp³-hybridized carbons (Fsp3) is 0.150. The largest absolute Gasteiger partial charge is 0.455 e. The molecule has 0 atom stereocenters. The van der Waals surface area contributed by atoms with Gasteiger partial charge < -0.3 is 10.1 Å². The van der Waals surface area contributed by atoms with Gasteiger partial charge in [0.25, 0.3) is 0 Å². The molecule has 0 amide bonds. The lowest BCUT2D eigenvalue weighted by atomic mass is 10.1. The van der Waals surface area contributed by atoms with Gasteiger partial charge in [0, 0.05) is 23.0 Å². The Balaban J connectivity index is 1.88. The number of halogens is 2. The van der Waals surface area contributed by atoms with Crippen molar-refractivity contribution in [2.24, 2.45) is 0 Å². The molecule has 1 aromatic heterocycles. The molecule has 5 heteroatoms. The van der Waals surface area contributed by atoms with Crippen LogP contribution in [0.25, 0.3) is 0 Å². The fourth-order valence-electron chi connectivity index (χ4n) is 2.69. The van der Waals surface area contributed by atoms with Crippen molar-refractivity contribution in [2.45, 2.75) is 20.8 Å². The quantitative estimate of drug-likeness (QED) is 0.498. The van der Waals surface area contributed by atoms with E-state index in [2.05, 4.69) is 59.1 Å². The fourth-order valence-corrected chi connectivity index (χ4v) is 3.11. The number of pyridine rings is 1. The highest BCUT2D eigenvalue weighted by molar-refractivity contribution is 9.10. The summed E-state index contributed by atoms with van der Waals surface area (Å²) < 4.78 is 6.97. The molecule has 0 spiro atoms. The summed E-state index contributed by atoms with van der Waals surface area (Å²) in [6, 6.07) is 13.6. The van der Waals surface area contributed by atoms with Crippen molar-refractivity contribution in [1.82, 2.24) is 4.98 Å². The van der Waals surface area contributed by atoms with Crippen LogP contribution in [0.5, 0.6) is 11.5 Å². The number of ether oxygens (including phenoxy) is 1. The molecule has 0 bridgehead atoms. The van der Waals surface area contributed by atoms with E-state index >= 15 is 0 Å². The first-order chi connectivity index (χ1) is 11.9. The van der Waals surface area contributed by atoms with Crippen molar-refractivity contribution in [2.75, 3.05) is 5.32 Å². The third-order valence-corrected chi connectivity index (χ3v) is 4.60. The van der Waals surface area contributed by atoms with Crippen LogP contribution in [0.1, 0.15) is 16.7 Å². The molecule has 0 aliphatic carbocycles. The van der Waals surface area contributed by atoms with Gasteiger partial charge in [0.05, 0.1) is 4.47 Å². The Bertz CT molecular complexity index is 887. The van der Waals surface area contributed by atoms with Gasteiger partial charge in [0.15, 0.2) is 0 Å². The summed E-state index contributed by atoms with van der Waals surface area (Å²) in [5.74, 6) is 2.28. The Morgan fingerprint density at radius 1 is 1.00 bits per heavy atom. The normalized spacial score (nSPS) is 10.6. The molecule has 0 fully saturated rings. The van der Waals surface area contributed by atoms with Crippen molar-refractivity contribution in [1.29, 1.82) is 0 Å². The van der Waals surface area contributed by atoms with Crippen LogP contribution in [0.3, 0.4) is 0 Å². The van der Waals surface area contributed by atoms with E-state index in [1.165, 1.54) is 5.56 Å². The Kier molecular flexibility index (Phi) is 5.30. The highest BCUT2D eigenvalue weighted by atomic mass is 79.9. The second kappa shape index (κ2) is 7.46. The highest BCUT2D eigenvalue weighted by Crippen LogP contribution is 2.35. The third-order valence-electron chi connectivity index (χ3n) is 3.75. The minimum atomic E-state index is 0.697.